The summed E-state index contributed by atoms with van der Waals surface area (Å²) in [5, 5.41) is 9.22. The van der Waals surface area contributed by atoms with Gasteiger partial charge in [-0.15, -0.1) is 0 Å². The zero-order chi connectivity index (χ0) is 15.3. The summed E-state index contributed by atoms with van der Waals surface area (Å²) in [6.07, 6.45) is 1.86. The SMILES string of the molecule is CC(C)CC(=O)N(CC(C)C(=O)O)c1cccnc1Cl. The van der Waals surface area contributed by atoms with E-state index in [4.69, 9.17) is 16.7 Å². The van der Waals surface area contributed by atoms with Crippen LogP contribution in [0.25, 0.3) is 0 Å². The second-order valence-corrected chi connectivity index (χ2v) is 5.51. The first kappa shape index (κ1) is 16.4. The summed E-state index contributed by atoms with van der Waals surface area (Å²) in [5.41, 5.74) is 0.452. The summed E-state index contributed by atoms with van der Waals surface area (Å²) in [7, 11) is 0. The van der Waals surface area contributed by atoms with Crippen molar-refractivity contribution < 1.29 is 14.7 Å². The van der Waals surface area contributed by atoms with Crippen LogP contribution in [0.4, 0.5) is 5.69 Å². The second kappa shape index (κ2) is 7.24. The van der Waals surface area contributed by atoms with Crippen molar-refractivity contribution >= 4 is 29.2 Å². The Balaban J connectivity index is 3.04. The molecule has 1 aromatic rings. The van der Waals surface area contributed by atoms with Gasteiger partial charge in [-0.3, -0.25) is 9.59 Å². The number of halogens is 1. The van der Waals surface area contributed by atoms with Crippen LogP contribution in [0.15, 0.2) is 18.3 Å². The largest absolute Gasteiger partial charge is 0.481 e. The van der Waals surface area contributed by atoms with Crippen LogP contribution in [0.5, 0.6) is 0 Å². The van der Waals surface area contributed by atoms with E-state index in [2.05, 4.69) is 4.98 Å². The number of carbonyl (C=O) groups is 2. The smallest absolute Gasteiger partial charge is 0.308 e. The number of anilines is 1. The van der Waals surface area contributed by atoms with Crippen LogP contribution < -0.4 is 4.90 Å². The maximum Gasteiger partial charge on any atom is 0.308 e. The highest BCUT2D eigenvalue weighted by atomic mass is 35.5. The summed E-state index contributed by atoms with van der Waals surface area (Å²) < 4.78 is 0. The fourth-order valence-electron chi connectivity index (χ4n) is 1.72. The van der Waals surface area contributed by atoms with Crippen molar-refractivity contribution in [1.29, 1.82) is 0 Å². The molecule has 20 heavy (non-hydrogen) atoms. The zero-order valence-electron chi connectivity index (χ0n) is 11.8. The van der Waals surface area contributed by atoms with Crippen LogP contribution in [0, 0.1) is 11.8 Å². The number of aromatic nitrogens is 1. The van der Waals surface area contributed by atoms with E-state index in [1.165, 1.54) is 11.1 Å². The van der Waals surface area contributed by atoms with Crippen molar-refractivity contribution in [3.63, 3.8) is 0 Å². The van der Waals surface area contributed by atoms with E-state index < -0.39 is 11.9 Å². The van der Waals surface area contributed by atoms with E-state index in [0.717, 1.165) is 0 Å². The Hall–Kier alpha value is -1.62. The lowest BCUT2D eigenvalue weighted by atomic mass is 10.1. The predicted molar refractivity (Wildman–Crippen MR) is 77.9 cm³/mol. The van der Waals surface area contributed by atoms with Gasteiger partial charge in [-0.05, 0) is 18.1 Å². The molecule has 110 valence electrons. The van der Waals surface area contributed by atoms with Gasteiger partial charge < -0.3 is 10.0 Å². The van der Waals surface area contributed by atoms with Gasteiger partial charge in [0.25, 0.3) is 0 Å². The number of hydrogen-bond acceptors (Lipinski definition) is 3. The van der Waals surface area contributed by atoms with E-state index in [1.807, 2.05) is 13.8 Å². The average molecular weight is 299 g/mol. The second-order valence-electron chi connectivity index (χ2n) is 5.15. The van der Waals surface area contributed by atoms with Crippen LogP contribution >= 0.6 is 11.6 Å². The third kappa shape index (κ3) is 4.49. The van der Waals surface area contributed by atoms with Crippen molar-refractivity contribution in [1.82, 2.24) is 4.98 Å². The van der Waals surface area contributed by atoms with Gasteiger partial charge in [-0.2, -0.15) is 0 Å². The normalized spacial score (nSPS) is 12.2. The highest BCUT2D eigenvalue weighted by molar-refractivity contribution is 6.32. The molecule has 6 heteroatoms. The molecule has 0 spiro atoms. The molecule has 0 aliphatic rings. The van der Waals surface area contributed by atoms with Gasteiger partial charge in [0, 0.05) is 19.2 Å². The highest BCUT2D eigenvalue weighted by Crippen LogP contribution is 2.25. The Morgan fingerprint density at radius 2 is 2.05 bits per heavy atom. The average Bonchev–Trinajstić information content (AvgIpc) is 2.35. The van der Waals surface area contributed by atoms with Crippen LogP contribution in [0.2, 0.25) is 5.15 Å². The minimum absolute atomic E-state index is 0.0757. The van der Waals surface area contributed by atoms with Crippen molar-refractivity contribution in [3.8, 4) is 0 Å². The number of carboxylic acid groups (broad SMARTS) is 1. The summed E-state index contributed by atoms with van der Waals surface area (Å²) in [4.78, 5) is 28.7. The van der Waals surface area contributed by atoms with Gasteiger partial charge in [0.05, 0.1) is 11.6 Å². The predicted octanol–water partition coefficient (Wildman–Crippen LogP) is 2.83. The summed E-state index contributed by atoms with van der Waals surface area (Å²) in [5.74, 6) is -1.60. The van der Waals surface area contributed by atoms with Gasteiger partial charge in [0.1, 0.15) is 0 Å². The molecule has 1 heterocycles. The third-order valence-electron chi connectivity index (χ3n) is 2.79. The van der Waals surface area contributed by atoms with Gasteiger partial charge in [0.2, 0.25) is 5.91 Å². The van der Waals surface area contributed by atoms with Gasteiger partial charge in [-0.1, -0.05) is 32.4 Å². The summed E-state index contributed by atoms with van der Waals surface area (Å²) in [6, 6.07) is 3.34. The molecule has 1 amide bonds. The van der Waals surface area contributed by atoms with Crippen molar-refractivity contribution in [2.45, 2.75) is 27.2 Å². The van der Waals surface area contributed by atoms with Gasteiger partial charge in [-0.25, -0.2) is 4.98 Å². The Kier molecular flexibility index (Phi) is 5.95. The zero-order valence-corrected chi connectivity index (χ0v) is 12.6. The molecule has 0 aliphatic heterocycles. The van der Waals surface area contributed by atoms with Crippen molar-refractivity contribution in [2.75, 3.05) is 11.4 Å². The quantitative estimate of drug-likeness (QED) is 0.820. The molecule has 0 bridgehead atoms. The van der Waals surface area contributed by atoms with Gasteiger partial charge in [0.15, 0.2) is 5.15 Å². The van der Waals surface area contributed by atoms with Crippen LogP contribution in [-0.2, 0) is 9.59 Å². The lowest BCUT2D eigenvalue weighted by molar-refractivity contribution is -0.140. The van der Waals surface area contributed by atoms with E-state index in [0.29, 0.717) is 12.1 Å². The first-order chi connectivity index (χ1) is 9.32. The molecule has 1 rings (SSSR count). The fourth-order valence-corrected chi connectivity index (χ4v) is 1.95. The molecule has 0 fully saturated rings. The number of amides is 1. The van der Waals surface area contributed by atoms with E-state index >= 15 is 0 Å². The molecule has 0 saturated heterocycles. The molecule has 1 N–H and O–H groups in total. The standard InChI is InChI=1S/C14H19ClN2O3/c1-9(2)7-12(18)17(8-10(3)14(19)20)11-5-4-6-16-13(11)15/h4-6,9-10H,7-8H2,1-3H3,(H,19,20). The summed E-state index contributed by atoms with van der Waals surface area (Å²) in [6.45, 7) is 5.50. The van der Waals surface area contributed by atoms with E-state index in [1.54, 1.807) is 19.1 Å². The Bertz CT molecular complexity index is 491. The lowest BCUT2D eigenvalue weighted by Crippen LogP contribution is -2.37. The number of pyridine rings is 1. The number of hydrogen-bond donors (Lipinski definition) is 1. The molecule has 0 saturated carbocycles. The molecule has 5 nitrogen and oxygen atoms in total. The third-order valence-corrected chi connectivity index (χ3v) is 3.08. The van der Waals surface area contributed by atoms with E-state index in [-0.39, 0.29) is 23.5 Å². The first-order valence-corrected chi connectivity index (χ1v) is 6.84. The number of carbonyl (C=O) groups excluding carboxylic acids is 1. The van der Waals surface area contributed by atoms with Crippen LogP contribution in [-0.4, -0.2) is 28.5 Å². The number of carboxylic acids is 1. The molecular formula is C14H19ClN2O3. The van der Waals surface area contributed by atoms with Gasteiger partial charge >= 0.3 is 5.97 Å². The molecule has 0 aliphatic carbocycles. The fraction of sp³-hybridized carbons (Fsp3) is 0.500. The Morgan fingerprint density at radius 3 is 2.55 bits per heavy atom. The molecular weight excluding hydrogens is 280 g/mol. The molecule has 1 aromatic heterocycles. The first-order valence-electron chi connectivity index (χ1n) is 6.46. The maximum atomic E-state index is 12.3. The van der Waals surface area contributed by atoms with Crippen molar-refractivity contribution in [3.05, 3.63) is 23.5 Å². The number of rotatable bonds is 6. The highest BCUT2D eigenvalue weighted by Gasteiger charge is 2.24. The number of nitrogens with zero attached hydrogens (tertiary/aromatic N) is 2. The minimum atomic E-state index is -0.952. The Labute approximate surface area is 123 Å². The molecule has 1 atom stereocenters. The lowest BCUT2D eigenvalue weighted by Gasteiger charge is -2.25. The van der Waals surface area contributed by atoms with Crippen LogP contribution in [0.3, 0.4) is 0 Å². The molecule has 1 unspecified atom stereocenters. The van der Waals surface area contributed by atoms with Crippen molar-refractivity contribution in [2.24, 2.45) is 11.8 Å². The minimum Gasteiger partial charge on any atom is -0.481 e. The summed E-state index contributed by atoms with van der Waals surface area (Å²) >= 11 is 6.01. The maximum absolute atomic E-state index is 12.3. The molecule has 0 radical (unpaired) electrons. The Morgan fingerprint density at radius 1 is 1.40 bits per heavy atom. The van der Waals surface area contributed by atoms with Crippen LogP contribution in [0.1, 0.15) is 27.2 Å². The monoisotopic (exact) mass is 298 g/mol. The topological polar surface area (TPSA) is 70.5 Å². The number of aliphatic carboxylic acids is 1. The molecule has 0 aromatic carbocycles. The van der Waals surface area contributed by atoms with E-state index in [9.17, 15) is 9.59 Å².